The summed E-state index contributed by atoms with van der Waals surface area (Å²) < 4.78 is 2.11. The van der Waals surface area contributed by atoms with E-state index in [0.29, 0.717) is 0 Å². The third-order valence-corrected chi connectivity index (χ3v) is 4.52. The number of fused-ring (bicyclic) bond motifs is 1. The maximum atomic E-state index is 11.6. The molecule has 94 valence electrons. The van der Waals surface area contributed by atoms with Crippen LogP contribution in [0.2, 0.25) is 0 Å². The van der Waals surface area contributed by atoms with E-state index in [-0.39, 0.29) is 17.2 Å². The predicted octanol–water partition coefficient (Wildman–Crippen LogP) is 2.55. The van der Waals surface area contributed by atoms with Gasteiger partial charge in [-0.2, -0.15) is 0 Å². The first-order chi connectivity index (χ1) is 8.54. The molecule has 1 fully saturated rings. The minimum Gasteiger partial charge on any atom is -0.369 e. The number of aromatic nitrogens is 1. The molecule has 0 unspecified atom stereocenters. The molecule has 0 saturated heterocycles. The molecule has 1 aromatic heterocycles. The molecule has 3 heteroatoms. The second kappa shape index (κ2) is 3.61. The first-order valence-electron chi connectivity index (χ1n) is 6.39. The molecule has 1 aromatic carbocycles. The van der Waals surface area contributed by atoms with Crippen molar-refractivity contribution in [3.05, 3.63) is 36.0 Å². The first kappa shape index (κ1) is 11.3. The van der Waals surface area contributed by atoms with Gasteiger partial charge in [0.05, 0.1) is 5.41 Å². The lowest BCUT2D eigenvalue weighted by atomic mass is 9.84. The lowest BCUT2D eigenvalue weighted by Gasteiger charge is -2.20. The van der Waals surface area contributed by atoms with Crippen molar-refractivity contribution in [3.63, 3.8) is 0 Å². The number of hydrogen-bond donors (Lipinski definition) is 1. The van der Waals surface area contributed by atoms with Gasteiger partial charge in [0.1, 0.15) is 0 Å². The number of amides is 1. The highest BCUT2D eigenvalue weighted by Gasteiger charge is 2.53. The second-order valence-electron chi connectivity index (χ2n) is 5.49. The van der Waals surface area contributed by atoms with E-state index < -0.39 is 0 Å². The number of primary amides is 1. The monoisotopic (exact) mass is 242 g/mol. The number of nitrogens with zero attached hydrogens (tertiary/aromatic N) is 1. The van der Waals surface area contributed by atoms with Gasteiger partial charge >= 0.3 is 0 Å². The van der Waals surface area contributed by atoms with Gasteiger partial charge < -0.3 is 10.3 Å². The number of nitrogens with two attached hydrogens (primary N) is 1. The van der Waals surface area contributed by atoms with Gasteiger partial charge in [-0.3, -0.25) is 4.79 Å². The van der Waals surface area contributed by atoms with E-state index in [1.54, 1.807) is 0 Å². The molecule has 2 aromatic rings. The average molecular weight is 242 g/mol. The fourth-order valence-electron chi connectivity index (χ4n) is 2.90. The molecule has 1 aliphatic carbocycles. The minimum atomic E-state index is -0.293. The molecule has 1 saturated carbocycles. The fraction of sp³-hybridized carbons (Fsp3) is 0.400. The number of carbonyl (C=O) groups is 1. The van der Waals surface area contributed by atoms with Gasteiger partial charge in [0.25, 0.3) is 0 Å². The molecule has 3 nitrogen and oxygen atoms in total. The molecular weight excluding hydrogens is 224 g/mol. The highest BCUT2D eigenvalue weighted by molar-refractivity contribution is 5.86. The topological polar surface area (TPSA) is 48.0 Å². The largest absolute Gasteiger partial charge is 0.369 e. The van der Waals surface area contributed by atoms with Crippen molar-refractivity contribution >= 4 is 16.8 Å². The Labute approximate surface area is 107 Å². The van der Waals surface area contributed by atoms with E-state index in [0.717, 1.165) is 12.8 Å². The van der Waals surface area contributed by atoms with E-state index in [9.17, 15) is 4.79 Å². The molecule has 18 heavy (non-hydrogen) atoms. The van der Waals surface area contributed by atoms with Gasteiger partial charge in [-0.15, -0.1) is 0 Å². The van der Waals surface area contributed by atoms with Crippen LogP contribution in [0.5, 0.6) is 0 Å². The van der Waals surface area contributed by atoms with Crippen LogP contribution in [0.25, 0.3) is 10.9 Å². The van der Waals surface area contributed by atoms with E-state index in [1.165, 1.54) is 16.5 Å². The molecule has 1 amide bonds. The van der Waals surface area contributed by atoms with Gasteiger partial charge in [-0.1, -0.05) is 19.1 Å². The molecule has 3 rings (SSSR count). The summed E-state index contributed by atoms with van der Waals surface area (Å²) in [5.74, 6) is 0.0521. The summed E-state index contributed by atoms with van der Waals surface area (Å²) in [6.45, 7) is 2.11. The molecule has 0 spiro atoms. The number of benzene rings is 1. The van der Waals surface area contributed by atoms with Crippen LogP contribution in [0.4, 0.5) is 0 Å². The third-order valence-electron chi connectivity index (χ3n) is 4.52. The second-order valence-corrected chi connectivity index (χ2v) is 5.49. The maximum Gasteiger partial charge on any atom is 0.224 e. The molecule has 1 atom stereocenters. The van der Waals surface area contributed by atoms with E-state index >= 15 is 0 Å². The van der Waals surface area contributed by atoms with Crippen LogP contribution in [0.1, 0.15) is 31.2 Å². The number of carbonyl (C=O) groups excluding carboxylic acids is 1. The molecule has 0 radical (unpaired) electrons. The van der Waals surface area contributed by atoms with Crippen molar-refractivity contribution in [1.82, 2.24) is 4.57 Å². The Morgan fingerprint density at radius 1 is 1.39 bits per heavy atom. The van der Waals surface area contributed by atoms with Gasteiger partial charge in [-0.25, -0.2) is 0 Å². The van der Waals surface area contributed by atoms with Gasteiger partial charge in [0.2, 0.25) is 5.91 Å². The summed E-state index contributed by atoms with van der Waals surface area (Å²) in [5.41, 5.74) is 7.67. The standard InChI is InChI=1S/C15H18N2O/c1-10(15(6-7-15)14(16)18)12-4-3-11-5-8-17(2)13(11)9-12/h3-5,8-10H,6-7H2,1-2H3,(H2,16,18)/t10-/m1/s1. The molecule has 0 bridgehead atoms. The van der Waals surface area contributed by atoms with Gasteiger partial charge in [-0.05, 0) is 41.8 Å². The summed E-state index contributed by atoms with van der Waals surface area (Å²) in [6, 6.07) is 8.53. The lowest BCUT2D eigenvalue weighted by molar-refractivity contribution is -0.123. The Morgan fingerprint density at radius 2 is 2.11 bits per heavy atom. The summed E-state index contributed by atoms with van der Waals surface area (Å²) in [5, 5.41) is 1.23. The van der Waals surface area contributed by atoms with Gasteiger partial charge in [0.15, 0.2) is 0 Å². The minimum absolute atomic E-state index is 0.151. The van der Waals surface area contributed by atoms with Crippen LogP contribution >= 0.6 is 0 Å². The predicted molar refractivity (Wildman–Crippen MR) is 72.2 cm³/mol. The van der Waals surface area contributed by atoms with E-state index in [2.05, 4.69) is 42.0 Å². The highest BCUT2D eigenvalue weighted by Crippen LogP contribution is 2.55. The number of rotatable bonds is 3. The average Bonchev–Trinajstić information content (AvgIpc) is 3.10. The summed E-state index contributed by atoms with van der Waals surface area (Å²) in [4.78, 5) is 11.6. The van der Waals surface area contributed by atoms with Gasteiger partial charge in [0, 0.05) is 18.8 Å². The maximum absolute atomic E-state index is 11.6. The SMILES string of the molecule is C[C@H](c1ccc2ccn(C)c2c1)C1(C(N)=O)CC1. The van der Waals surface area contributed by atoms with Crippen LogP contribution in [0.15, 0.2) is 30.5 Å². The summed E-state index contributed by atoms with van der Waals surface area (Å²) >= 11 is 0. The van der Waals surface area contributed by atoms with Crippen LogP contribution in [-0.2, 0) is 11.8 Å². The van der Waals surface area contributed by atoms with Crippen molar-refractivity contribution in [2.75, 3.05) is 0 Å². The van der Waals surface area contributed by atoms with Crippen molar-refractivity contribution in [2.24, 2.45) is 18.2 Å². The molecule has 0 aliphatic heterocycles. The molecular formula is C15H18N2O. The Bertz CT molecular complexity index is 622. The fourth-order valence-corrected chi connectivity index (χ4v) is 2.90. The summed E-state index contributed by atoms with van der Waals surface area (Å²) in [6.07, 6.45) is 3.91. The molecule has 1 heterocycles. The number of hydrogen-bond acceptors (Lipinski definition) is 1. The quantitative estimate of drug-likeness (QED) is 0.883. The Hall–Kier alpha value is -1.77. The van der Waals surface area contributed by atoms with Crippen molar-refractivity contribution in [2.45, 2.75) is 25.7 Å². The molecule has 2 N–H and O–H groups in total. The third kappa shape index (κ3) is 1.47. The zero-order valence-corrected chi connectivity index (χ0v) is 10.8. The zero-order valence-electron chi connectivity index (χ0n) is 10.8. The van der Waals surface area contributed by atoms with Crippen LogP contribution in [0, 0.1) is 5.41 Å². The first-order valence-corrected chi connectivity index (χ1v) is 6.39. The zero-order chi connectivity index (χ0) is 12.9. The van der Waals surface area contributed by atoms with E-state index in [4.69, 9.17) is 5.73 Å². The number of aryl methyl sites for hydroxylation is 1. The Kier molecular flexibility index (Phi) is 2.27. The van der Waals surface area contributed by atoms with Crippen LogP contribution in [-0.4, -0.2) is 10.5 Å². The van der Waals surface area contributed by atoms with E-state index in [1.807, 2.05) is 7.05 Å². The summed E-state index contributed by atoms with van der Waals surface area (Å²) in [7, 11) is 2.04. The smallest absolute Gasteiger partial charge is 0.224 e. The Morgan fingerprint density at radius 3 is 2.72 bits per heavy atom. The van der Waals surface area contributed by atoms with Crippen LogP contribution < -0.4 is 5.73 Å². The van der Waals surface area contributed by atoms with Crippen LogP contribution in [0.3, 0.4) is 0 Å². The molecule has 1 aliphatic rings. The Balaban J connectivity index is 2.04. The van der Waals surface area contributed by atoms with Crippen molar-refractivity contribution < 1.29 is 4.79 Å². The van der Waals surface area contributed by atoms with Crippen molar-refractivity contribution in [3.8, 4) is 0 Å². The normalized spacial score (nSPS) is 18.8. The highest BCUT2D eigenvalue weighted by atomic mass is 16.1. The lowest BCUT2D eigenvalue weighted by Crippen LogP contribution is -2.29. The van der Waals surface area contributed by atoms with Crippen molar-refractivity contribution in [1.29, 1.82) is 0 Å².